The molecule has 1 saturated heterocycles. The van der Waals surface area contributed by atoms with Crippen molar-refractivity contribution in [3.63, 3.8) is 0 Å². The lowest BCUT2D eigenvalue weighted by Crippen LogP contribution is -2.38. The molecule has 1 aliphatic rings. The number of benzene rings is 3. The van der Waals surface area contributed by atoms with Crippen LogP contribution in [-0.2, 0) is 16.2 Å². The van der Waals surface area contributed by atoms with Gasteiger partial charge in [-0.05, 0) is 54.5 Å². The molecule has 1 fully saturated rings. The molecule has 2 N–H and O–H groups in total. The fraction of sp³-hybridized carbons (Fsp3) is 0.115. The molecule has 0 unspecified atom stereocenters. The number of halogens is 1. The summed E-state index contributed by atoms with van der Waals surface area (Å²) in [4.78, 5) is 38.4. The van der Waals surface area contributed by atoms with E-state index >= 15 is 0 Å². The molecule has 0 radical (unpaired) electrons. The molecular formula is C26H22FN3O4. The van der Waals surface area contributed by atoms with E-state index in [2.05, 4.69) is 10.6 Å². The minimum absolute atomic E-state index is 0.0233. The van der Waals surface area contributed by atoms with E-state index in [1.54, 1.807) is 54.6 Å². The van der Waals surface area contributed by atoms with E-state index in [0.717, 1.165) is 10.5 Å². The summed E-state index contributed by atoms with van der Waals surface area (Å²) in [5, 5.41) is 5.18. The lowest BCUT2D eigenvalue weighted by molar-refractivity contribution is -0.127. The van der Waals surface area contributed by atoms with Crippen molar-refractivity contribution >= 4 is 29.6 Å². The number of carbonyl (C=O) groups is 3. The minimum Gasteiger partial charge on any atom is -0.488 e. The highest BCUT2D eigenvalue weighted by Crippen LogP contribution is 2.24. The summed E-state index contributed by atoms with van der Waals surface area (Å²) in [6.45, 7) is 1.60. The van der Waals surface area contributed by atoms with Crippen LogP contribution >= 0.6 is 0 Å². The summed E-state index contributed by atoms with van der Waals surface area (Å²) in [6.07, 6.45) is 1.49. The summed E-state index contributed by atoms with van der Waals surface area (Å²) in [5.74, 6) is -1.02. The first-order chi connectivity index (χ1) is 16.4. The Balaban J connectivity index is 1.45. The van der Waals surface area contributed by atoms with Crippen LogP contribution < -0.4 is 15.4 Å². The molecule has 8 heteroatoms. The summed E-state index contributed by atoms with van der Waals surface area (Å²) < 4.78 is 19.2. The van der Waals surface area contributed by atoms with Crippen molar-refractivity contribution in [2.75, 3.05) is 11.9 Å². The molecule has 0 aliphatic carbocycles. The zero-order valence-corrected chi connectivity index (χ0v) is 18.4. The van der Waals surface area contributed by atoms with Crippen LogP contribution in [0.5, 0.6) is 5.75 Å². The second-order valence-corrected chi connectivity index (χ2v) is 7.75. The van der Waals surface area contributed by atoms with Gasteiger partial charge in [0.05, 0.1) is 0 Å². The first kappa shape index (κ1) is 22.7. The van der Waals surface area contributed by atoms with Crippen LogP contribution in [0.15, 0.2) is 78.5 Å². The molecule has 0 aromatic heterocycles. The zero-order chi connectivity index (χ0) is 24.1. The number of urea groups is 1. The van der Waals surface area contributed by atoms with E-state index < -0.39 is 24.4 Å². The number of para-hydroxylation sites is 1. The lowest BCUT2D eigenvalue weighted by atomic mass is 10.1. The molecule has 3 aromatic carbocycles. The zero-order valence-electron chi connectivity index (χ0n) is 18.4. The first-order valence-electron chi connectivity index (χ1n) is 10.6. The number of imide groups is 1. The molecule has 3 aromatic rings. The molecule has 0 spiro atoms. The third-order valence-electron chi connectivity index (χ3n) is 5.07. The van der Waals surface area contributed by atoms with E-state index in [1.807, 2.05) is 13.0 Å². The van der Waals surface area contributed by atoms with Crippen LogP contribution in [0.4, 0.5) is 14.9 Å². The maximum Gasteiger partial charge on any atom is 0.329 e. The van der Waals surface area contributed by atoms with Crippen molar-refractivity contribution in [3.8, 4) is 5.75 Å². The Labute approximate surface area is 195 Å². The van der Waals surface area contributed by atoms with Crippen molar-refractivity contribution in [3.05, 3.63) is 101 Å². The quantitative estimate of drug-likeness (QED) is 0.409. The van der Waals surface area contributed by atoms with Crippen molar-refractivity contribution in [1.29, 1.82) is 0 Å². The normalized spacial score (nSPS) is 14.3. The first-order valence-corrected chi connectivity index (χ1v) is 10.6. The van der Waals surface area contributed by atoms with Crippen LogP contribution in [0, 0.1) is 12.7 Å². The Bertz CT molecular complexity index is 1290. The third-order valence-corrected chi connectivity index (χ3v) is 5.07. The van der Waals surface area contributed by atoms with Gasteiger partial charge >= 0.3 is 6.03 Å². The fourth-order valence-electron chi connectivity index (χ4n) is 3.46. The Morgan fingerprint density at radius 2 is 1.85 bits per heavy atom. The van der Waals surface area contributed by atoms with Crippen LogP contribution in [0.1, 0.15) is 16.7 Å². The van der Waals surface area contributed by atoms with Crippen LogP contribution in [-0.4, -0.2) is 29.3 Å². The molecule has 0 atom stereocenters. The van der Waals surface area contributed by atoms with Gasteiger partial charge in [0.1, 0.15) is 30.4 Å². The van der Waals surface area contributed by atoms with E-state index in [9.17, 15) is 18.8 Å². The number of nitrogens with one attached hydrogen (secondary N) is 2. The SMILES string of the molecule is Cc1cccc(NC(=O)CN2C(=O)N/C(=C/c3ccccc3OCc3cccc(F)c3)C2=O)c1. The van der Waals surface area contributed by atoms with Gasteiger partial charge in [-0.2, -0.15) is 0 Å². The van der Waals surface area contributed by atoms with E-state index in [0.29, 0.717) is 22.6 Å². The predicted molar refractivity (Wildman–Crippen MR) is 125 cm³/mol. The summed E-state index contributed by atoms with van der Waals surface area (Å²) in [7, 11) is 0. The Morgan fingerprint density at radius 3 is 2.65 bits per heavy atom. The molecule has 4 rings (SSSR count). The average molecular weight is 459 g/mol. The van der Waals surface area contributed by atoms with Gasteiger partial charge in [-0.25, -0.2) is 14.1 Å². The molecule has 1 heterocycles. The van der Waals surface area contributed by atoms with Gasteiger partial charge in [-0.1, -0.05) is 42.5 Å². The monoisotopic (exact) mass is 459 g/mol. The molecule has 172 valence electrons. The van der Waals surface area contributed by atoms with E-state index in [1.165, 1.54) is 18.2 Å². The van der Waals surface area contributed by atoms with Gasteiger partial charge in [-0.15, -0.1) is 0 Å². The van der Waals surface area contributed by atoms with Crippen molar-refractivity contribution in [2.24, 2.45) is 0 Å². The maximum absolute atomic E-state index is 13.4. The van der Waals surface area contributed by atoms with Crippen molar-refractivity contribution in [2.45, 2.75) is 13.5 Å². The largest absolute Gasteiger partial charge is 0.488 e. The van der Waals surface area contributed by atoms with Gasteiger partial charge in [0, 0.05) is 11.3 Å². The minimum atomic E-state index is -0.686. The highest BCUT2D eigenvalue weighted by atomic mass is 19.1. The molecule has 4 amide bonds. The second kappa shape index (κ2) is 9.99. The number of hydrogen-bond acceptors (Lipinski definition) is 4. The Kier molecular flexibility index (Phi) is 6.68. The van der Waals surface area contributed by atoms with Gasteiger partial charge in [0.2, 0.25) is 5.91 Å². The van der Waals surface area contributed by atoms with Crippen LogP contribution in [0.25, 0.3) is 6.08 Å². The van der Waals surface area contributed by atoms with Gasteiger partial charge in [0.15, 0.2) is 0 Å². The average Bonchev–Trinajstić information content (AvgIpc) is 3.06. The molecular weight excluding hydrogens is 437 g/mol. The van der Waals surface area contributed by atoms with Crippen LogP contribution in [0.3, 0.4) is 0 Å². The fourth-order valence-corrected chi connectivity index (χ4v) is 3.46. The third kappa shape index (κ3) is 5.47. The van der Waals surface area contributed by atoms with Crippen molar-refractivity contribution < 1.29 is 23.5 Å². The molecule has 0 bridgehead atoms. The molecule has 34 heavy (non-hydrogen) atoms. The second-order valence-electron chi connectivity index (χ2n) is 7.75. The number of aryl methyl sites for hydroxylation is 1. The van der Waals surface area contributed by atoms with Crippen molar-refractivity contribution in [1.82, 2.24) is 10.2 Å². The van der Waals surface area contributed by atoms with Gasteiger partial charge in [0.25, 0.3) is 5.91 Å². The van der Waals surface area contributed by atoms with Crippen LogP contribution in [0.2, 0.25) is 0 Å². The maximum atomic E-state index is 13.4. The van der Waals surface area contributed by atoms with E-state index in [-0.39, 0.29) is 18.1 Å². The number of hydrogen-bond donors (Lipinski definition) is 2. The van der Waals surface area contributed by atoms with Gasteiger partial charge < -0.3 is 15.4 Å². The predicted octanol–water partition coefficient (Wildman–Crippen LogP) is 4.24. The number of anilines is 1. The lowest BCUT2D eigenvalue weighted by Gasteiger charge is -2.12. The molecule has 7 nitrogen and oxygen atoms in total. The smallest absolute Gasteiger partial charge is 0.329 e. The molecule has 1 aliphatic heterocycles. The van der Waals surface area contributed by atoms with E-state index in [4.69, 9.17) is 4.74 Å². The standard InChI is InChI=1S/C26H22FN3O4/c1-17-6-4-10-21(12-17)28-24(31)15-30-25(32)22(29-26(30)33)14-19-8-2-3-11-23(19)34-16-18-7-5-9-20(27)13-18/h2-14H,15-16H2,1H3,(H,28,31)(H,29,33)/b22-14+. The topological polar surface area (TPSA) is 87.7 Å². The highest BCUT2D eigenvalue weighted by molar-refractivity contribution is 6.16. The summed E-state index contributed by atoms with van der Waals surface area (Å²) in [5.41, 5.74) is 2.77. The summed E-state index contributed by atoms with van der Waals surface area (Å²) in [6, 6.07) is 19.5. The number of amides is 4. The number of rotatable bonds is 7. The highest BCUT2D eigenvalue weighted by Gasteiger charge is 2.35. The molecule has 0 saturated carbocycles. The summed E-state index contributed by atoms with van der Waals surface area (Å²) >= 11 is 0. The number of nitrogens with zero attached hydrogens (tertiary/aromatic N) is 1. The Hall–Kier alpha value is -4.46. The Morgan fingerprint density at radius 1 is 1.06 bits per heavy atom. The van der Waals surface area contributed by atoms with Gasteiger partial charge in [-0.3, -0.25) is 9.59 Å². The number of ether oxygens (including phenoxy) is 1. The number of carbonyl (C=O) groups excluding carboxylic acids is 3.